The van der Waals surface area contributed by atoms with Gasteiger partial charge in [-0.25, -0.2) is 13.2 Å². The fourth-order valence-electron chi connectivity index (χ4n) is 1.36. The average molecular weight is 214 g/mol. The van der Waals surface area contributed by atoms with Crippen LogP contribution in [0.2, 0.25) is 0 Å². The first kappa shape index (κ1) is 11.4. The molecule has 15 heavy (non-hydrogen) atoms. The van der Waals surface area contributed by atoms with E-state index in [-0.39, 0.29) is 5.56 Å². The van der Waals surface area contributed by atoms with E-state index in [1.165, 1.54) is 6.07 Å². The molecule has 0 fully saturated rings. The molecule has 5 heteroatoms. The predicted octanol–water partition coefficient (Wildman–Crippen LogP) is 2.68. The molecule has 0 amide bonds. The lowest BCUT2D eigenvalue weighted by molar-refractivity contribution is 0.479. The summed E-state index contributed by atoms with van der Waals surface area (Å²) < 4.78 is 39.8. The number of nitrogens with zero attached hydrogens (tertiary/aromatic N) is 1. The van der Waals surface area contributed by atoms with Crippen LogP contribution in [0, 0.1) is 28.8 Å². The highest BCUT2D eigenvalue weighted by Gasteiger charge is 2.24. The van der Waals surface area contributed by atoms with Gasteiger partial charge in [-0.3, -0.25) is 0 Å². The standard InChI is InChI=1S/C10H9F3N2/c1-4(2)6-9(13)7(11)5(3-14)8(12)10(6)15/h4H,15H2,1-2H3. The van der Waals surface area contributed by atoms with Crippen molar-refractivity contribution in [3.8, 4) is 6.07 Å². The van der Waals surface area contributed by atoms with E-state index in [0.29, 0.717) is 0 Å². The lowest BCUT2D eigenvalue weighted by Crippen LogP contribution is -2.09. The Bertz CT molecular complexity index is 418. The lowest BCUT2D eigenvalue weighted by atomic mass is 9.97. The molecule has 0 heterocycles. The number of rotatable bonds is 1. The Kier molecular flexibility index (Phi) is 2.89. The van der Waals surface area contributed by atoms with Crippen LogP contribution in [0.1, 0.15) is 30.9 Å². The Hall–Kier alpha value is -1.70. The van der Waals surface area contributed by atoms with Crippen molar-refractivity contribution < 1.29 is 13.2 Å². The monoisotopic (exact) mass is 214 g/mol. The zero-order valence-corrected chi connectivity index (χ0v) is 8.24. The summed E-state index contributed by atoms with van der Waals surface area (Å²) in [6.07, 6.45) is 0. The largest absolute Gasteiger partial charge is 0.396 e. The number of halogens is 3. The van der Waals surface area contributed by atoms with Gasteiger partial charge in [-0.1, -0.05) is 13.8 Å². The van der Waals surface area contributed by atoms with E-state index in [2.05, 4.69) is 0 Å². The van der Waals surface area contributed by atoms with Gasteiger partial charge in [-0.05, 0) is 5.92 Å². The van der Waals surface area contributed by atoms with Gasteiger partial charge < -0.3 is 5.73 Å². The zero-order valence-electron chi connectivity index (χ0n) is 8.24. The Balaban J connectivity index is 3.69. The third-order valence-corrected chi connectivity index (χ3v) is 2.08. The van der Waals surface area contributed by atoms with Gasteiger partial charge in [0.1, 0.15) is 11.6 Å². The summed E-state index contributed by atoms with van der Waals surface area (Å²) in [6.45, 7) is 3.11. The Morgan fingerprint density at radius 2 is 1.67 bits per heavy atom. The highest BCUT2D eigenvalue weighted by molar-refractivity contribution is 5.56. The number of hydrogen-bond donors (Lipinski definition) is 1. The van der Waals surface area contributed by atoms with Crippen LogP contribution in [0.5, 0.6) is 0 Å². The zero-order chi connectivity index (χ0) is 11.7. The quantitative estimate of drug-likeness (QED) is 0.577. The molecule has 0 aliphatic carbocycles. The van der Waals surface area contributed by atoms with Crippen LogP contribution in [-0.4, -0.2) is 0 Å². The van der Waals surface area contributed by atoms with Gasteiger partial charge >= 0.3 is 0 Å². The first-order chi connectivity index (χ1) is 6.91. The van der Waals surface area contributed by atoms with Crippen molar-refractivity contribution in [1.82, 2.24) is 0 Å². The molecule has 80 valence electrons. The molecule has 1 aromatic rings. The number of nitrogens with two attached hydrogens (primary N) is 1. The molecule has 0 aromatic heterocycles. The van der Waals surface area contributed by atoms with E-state index in [1.54, 1.807) is 13.8 Å². The van der Waals surface area contributed by atoms with Gasteiger partial charge in [-0.2, -0.15) is 5.26 Å². The average Bonchev–Trinajstić information content (AvgIpc) is 2.16. The van der Waals surface area contributed by atoms with Crippen molar-refractivity contribution in [1.29, 1.82) is 5.26 Å². The maximum atomic E-state index is 13.4. The van der Waals surface area contributed by atoms with Crippen molar-refractivity contribution in [3.05, 3.63) is 28.6 Å². The molecule has 0 saturated heterocycles. The van der Waals surface area contributed by atoms with Crippen LogP contribution in [-0.2, 0) is 0 Å². The Morgan fingerprint density at radius 3 is 2.07 bits per heavy atom. The van der Waals surface area contributed by atoms with Crippen molar-refractivity contribution in [2.75, 3.05) is 5.73 Å². The minimum atomic E-state index is -1.48. The number of nitriles is 1. The summed E-state index contributed by atoms with van der Waals surface area (Å²) in [5, 5.41) is 8.43. The summed E-state index contributed by atoms with van der Waals surface area (Å²) in [6, 6.07) is 1.24. The van der Waals surface area contributed by atoms with E-state index >= 15 is 0 Å². The predicted molar refractivity (Wildman–Crippen MR) is 49.5 cm³/mol. The van der Waals surface area contributed by atoms with Crippen molar-refractivity contribution in [2.24, 2.45) is 0 Å². The molecule has 1 aromatic carbocycles. The maximum absolute atomic E-state index is 13.4. The second-order valence-electron chi connectivity index (χ2n) is 3.41. The molecule has 0 aliphatic heterocycles. The summed E-state index contributed by atoms with van der Waals surface area (Å²) >= 11 is 0. The first-order valence-electron chi connectivity index (χ1n) is 4.27. The van der Waals surface area contributed by atoms with Crippen LogP contribution < -0.4 is 5.73 Å². The van der Waals surface area contributed by atoms with Gasteiger partial charge in [0.25, 0.3) is 0 Å². The van der Waals surface area contributed by atoms with Crippen molar-refractivity contribution >= 4 is 5.69 Å². The SMILES string of the molecule is CC(C)c1c(N)c(F)c(C#N)c(F)c1F. The number of hydrogen-bond acceptors (Lipinski definition) is 2. The summed E-state index contributed by atoms with van der Waals surface area (Å²) in [7, 11) is 0. The molecule has 2 N–H and O–H groups in total. The third-order valence-electron chi connectivity index (χ3n) is 2.08. The molecule has 0 spiro atoms. The molecule has 0 unspecified atom stereocenters. The van der Waals surface area contributed by atoms with Crippen LogP contribution in [0.25, 0.3) is 0 Å². The fraction of sp³-hybridized carbons (Fsp3) is 0.300. The van der Waals surface area contributed by atoms with E-state index in [4.69, 9.17) is 11.0 Å². The number of nitrogen functional groups attached to an aromatic ring is 1. The van der Waals surface area contributed by atoms with Gasteiger partial charge in [-0.15, -0.1) is 0 Å². The second-order valence-corrected chi connectivity index (χ2v) is 3.41. The van der Waals surface area contributed by atoms with Crippen LogP contribution in [0.15, 0.2) is 0 Å². The van der Waals surface area contributed by atoms with Crippen molar-refractivity contribution in [2.45, 2.75) is 19.8 Å². The van der Waals surface area contributed by atoms with Crippen LogP contribution >= 0.6 is 0 Å². The minimum absolute atomic E-state index is 0.232. The van der Waals surface area contributed by atoms with Gasteiger partial charge in [0, 0.05) is 5.56 Å². The van der Waals surface area contributed by atoms with Gasteiger partial charge in [0.05, 0.1) is 5.69 Å². The Labute approximate surface area is 85.1 Å². The molecular weight excluding hydrogens is 205 g/mol. The molecule has 1 rings (SSSR count). The molecular formula is C10H9F3N2. The van der Waals surface area contributed by atoms with Gasteiger partial charge in [0.2, 0.25) is 0 Å². The second kappa shape index (κ2) is 3.81. The first-order valence-corrected chi connectivity index (χ1v) is 4.27. The summed E-state index contributed by atoms with van der Waals surface area (Å²) in [4.78, 5) is 0. The van der Waals surface area contributed by atoms with Crippen molar-refractivity contribution in [3.63, 3.8) is 0 Å². The summed E-state index contributed by atoms with van der Waals surface area (Å²) in [5.41, 5.74) is 3.59. The number of benzene rings is 1. The normalized spacial score (nSPS) is 10.5. The molecule has 0 bridgehead atoms. The van der Waals surface area contributed by atoms with Crippen LogP contribution in [0.3, 0.4) is 0 Å². The van der Waals surface area contributed by atoms with E-state index in [0.717, 1.165) is 0 Å². The third kappa shape index (κ3) is 1.63. The topological polar surface area (TPSA) is 49.8 Å². The highest BCUT2D eigenvalue weighted by Crippen LogP contribution is 2.31. The molecule has 0 atom stereocenters. The summed E-state index contributed by atoms with van der Waals surface area (Å²) in [5.74, 6) is -4.38. The molecule has 0 saturated carbocycles. The fourth-order valence-corrected chi connectivity index (χ4v) is 1.36. The molecule has 2 nitrogen and oxygen atoms in total. The lowest BCUT2D eigenvalue weighted by Gasteiger charge is -2.13. The maximum Gasteiger partial charge on any atom is 0.180 e. The van der Waals surface area contributed by atoms with Gasteiger partial charge in [0.15, 0.2) is 17.5 Å². The van der Waals surface area contributed by atoms with E-state index in [9.17, 15) is 13.2 Å². The Morgan fingerprint density at radius 1 is 1.13 bits per heavy atom. The van der Waals surface area contributed by atoms with E-state index in [1.807, 2.05) is 0 Å². The van der Waals surface area contributed by atoms with E-state index < -0.39 is 34.6 Å². The minimum Gasteiger partial charge on any atom is -0.396 e. The number of anilines is 1. The van der Waals surface area contributed by atoms with Crippen LogP contribution in [0.4, 0.5) is 18.9 Å². The molecule has 0 aliphatic rings. The highest BCUT2D eigenvalue weighted by atomic mass is 19.2. The smallest absolute Gasteiger partial charge is 0.180 e. The molecule has 0 radical (unpaired) electrons.